The number of carbonyl (C=O) groups is 2. The fourth-order valence-electron chi connectivity index (χ4n) is 4.02. The molecule has 3 aromatic rings. The molecule has 1 fully saturated rings. The monoisotopic (exact) mass is 446 g/mol. The Labute approximate surface area is 192 Å². The molecule has 1 saturated heterocycles. The molecule has 6 nitrogen and oxygen atoms in total. The van der Waals surface area contributed by atoms with Gasteiger partial charge in [0.15, 0.2) is 0 Å². The largest absolute Gasteiger partial charge is 0.348 e. The zero-order valence-corrected chi connectivity index (χ0v) is 18.4. The predicted octanol–water partition coefficient (Wildman–Crippen LogP) is 3.18. The number of nitrogens with zero attached hydrogens (tertiary/aromatic N) is 1. The van der Waals surface area contributed by atoms with E-state index in [4.69, 9.17) is 0 Å². The number of halogens is 1. The molecule has 0 aromatic heterocycles. The zero-order chi connectivity index (χ0) is 23.2. The van der Waals surface area contributed by atoms with Gasteiger partial charge in [-0.1, -0.05) is 60.7 Å². The smallest absolute Gasteiger partial charge is 0.251 e. The predicted molar refractivity (Wildman–Crippen MR) is 124 cm³/mol. The summed E-state index contributed by atoms with van der Waals surface area (Å²) in [5.41, 5.74) is 9.61. The van der Waals surface area contributed by atoms with E-state index in [0.29, 0.717) is 19.6 Å². The SMILES string of the molecule is CN(Cc1ccccc1)C(=O)C1CNNC1c1ccc(CNC(=O)c2cccc(F)c2)cc1. The summed E-state index contributed by atoms with van der Waals surface area (Å²) in [5.74, 6) is -0.916. The first-order valence-corrected chi connectivity index (χ1v) is 10.9. The Balaban J connectivity index is 1.36. The maximum Gasteiger partial charge on any atom is 0.251 e. The molecule has 7 heteroatoms. The van der Waals surface area contributed by atoms with Crippen LogP contribution >= 0.6 is 0 Å². The summed E-state index contributed by atoms with van der Waals surface area (Å²) in [6.45, 7) is 1.44. The van der Waals surface area contributed by atoms with E-state index in [1.165, 1.54) is 18.2 Å². The van der Waals surface area contributed by atoms with Crippen LogP contribution in [0.1, 0.15) is 33.1 Å². The lowest BCUT2D eigenvalue weighted by Gasteiger charge is -2.24. The second-order valence-electron chi connectivity index (χ2n) is 8.22. The number of rotatable bonds is 7. The molecule has 1 heterocycles. The third-order valence-electron chi connectivity index (χ3n) is 5.82. The second kappa shape index (κ2) is 10.4. The van der Waals surface area contributed by atoms with Crippen molar-refractivity contribution in [2.24, 2.45) is 5.92 Å². The van der Waals surface area contributed by atoms with Gasteiger partial charge in [0.05, 0.1) is 12.0 Å². The van der Waals surface area contributed by atoms with Gasteiger partial charge in [-0.2, -0.15) is 0 Å². The van der Waals surface area contributed by atoms with Crippen LogP contribution in [0, 0.1) is 11.7 Å². The van der Waals surface area contributed by atoms with Crippen molar-refractivity contribution >= 4 is 11.8 Å². The van der Waals surface area contributed by atoms with E-state index in [2.05, 4.69) is 16.2 Å². The van der Waals surface area contributed by atoms with Gasteiger partial charge in [0.2, 0.25) is 5.91 Å². The number of hydrazine groups is 1. The Morgan fingerprint density at radius 2 is 1.76 bits per heavy atom. The van der Waals surface area contributed by atoms with E-state index < -0.39 is 5.82 Å². The standard InChI is InChI=1S/C26H27FN4O2/c1-31(17-19-6-3-2-4-7-19)26(33)23-16-29-30-24(23)20-12-10-18(11-13-20)15-28-25(32)21-8-5-9-22(27)14-21/h2-14,23-24,29-30H,15-17H2,1H3,(H,28,32). The Hall–Kier alpha value is -3.55. The lowest BCUT2D eigenvalue weighted by atomic mass is 9.93. The van der Waals surface area contributed by atoms with Crippen LogP contribution in [-0.2, 0) is 17.9 Å². The highest BCUT2D eigenvalue weighted by Crippen LogP contribution is 2.27. The average Bonchev–Trinajstić information content (AvgIpc) is 3.33. The van der Waals surface area contributed by atoms with E-state index in [1.54, 1.807) is 11.0 Å². The van der Waals surface area contributed by atoms with E-state index in [1.807, 2.05) is 61.6 Å². The minimum absolute atomic E-state index is 0.0767. The summed E-state index contributed by atoms with van der Waals surface area (Å²) >= 11 is 0. The van der Waals surface area contributed by atoms with Crippen molar-refractivity contribution in [1.29, 1.82) is 0 Å². The molecule has 3 N–H and O–H groups in total. The third-order valence-corrected chi connectivity index (χ3v) is 5.82. The van der Waals surface area contributed by atoms with E-state index in [9.17, 15) is 14.0 Å². The number of hydrogen-bond acceptors (Lipinski definition) is 4. The molecule has 0 radical (unpaired) electrons. The Kier molecular flexibility index (Phi) is 7.12. The lowest BCUT2D eigenvalue weighted by molar-refractivity contribution is -0.134. The van der Waals surface area contributed by atoms with Crippen molar-refractivity contribution in [3.63, 3.8) is 0 Å². The molecule has 170 valence electrons. The van der Waals surface area contributed by atoms with Crippen molar-refractivity contribution in [3.8, 4) is 0 Å². The summed E-state index contributed by atoms with van der Waals surface area (Å²) in [6.07, 6.45) is 0. The van der Waals surface area contributed by atoms with Gasteiger partial charge >= 0.3 is 0 Å². The van der Waals surface area contributed by atoms with Gasteiger partial charge < -0.3 is 10.2 Å². The summed E-state index contributed by atoms with van der Waals surface area (Å²) in [4.78, 5) is 27.1. The number of nitrogens with one attached hydrogen (secondary N) is 3. The van der Waals surface area contributed by atoms with Crippen molar-refractivity contribution in [3.05, 3.63) is 107 Å². The highest BCUT2D eigenvalue weighted by atomic mass is 19.1. The maximum atomic E-state index is 13.3. The third kappa shape index (κ3) is 5.63. The molecule has 3 aromatic carbocycles. The minimum Gasteiger partial charge on any atom is -0.348 e. The van der Waals surface area contributed by atoms with Gasteiger partial charge in [-0.3, -0.25) is 15.0 Å². The van der Waals surface area contributed by atoms with Gasteiger partial charge in [0.25, 0.3) is 5.91 Å². The molecule has 1 aliphatic rings. The first-order chi connectivity index (χ1) is 16.0. The summed E-state index contributed by atoms with van der Waals surface area (Å²) in [5, 5.41) is 2.80. The molecule has 33 heavy (non-hydrogen) atoms. The van der Waals surface area contributed by atoms with Gasteiger partial charge in [0.1, 0.15) is 5.82 Å². The van der Waals surface area contributed by atoms with Gasteiger partial charge in [-0.15, -0.1) is 0 Å². The number of carbonyl (C=O) groups excluding carboxylic acids is 2. The first kappa shape index (κ1) is 22.6. The fraction of sp³-hybridized carbons (Fsp3) is 0.231. The number of benzene rings is 3. The van der Waals surface area contributed by atoms with Crippen molar-refractivity contribution in [1.82, 2.24) is 21.1 Å². The van der Waals surface area contributed by atoms with Crippen LogP contribution in [0.4, 0.5) is 4.39 Å². The van der Waals surface area contributed by atoms with Crippen LogP contribution in [-0.4, -0.2) is 30.3 Å². The van der Waals surface area contributed by atoms with Crippen LogP contribution in [0.2, 0.25) is 0 Å². The number of amides is 2. The quantitative estimate of drug-likeness (QED) is 0.521. The van der Waals surface area contributed by atoms with E-state index in [0.717, 1.165) is 16.7 Å². The minimum atomic E-state index is -0.441. The van der Waals surface area contributed by atoms with Crippen molar-refractivity contribution in [2.45, 2.75) is 19.1 Å². The van der Waals surface area contributed by atoms with Gasteiger partial charge in [-0.25, -0.2) is 9.82 Å². The maximum absolute atomic E-state index is 13.3. The molecule has 1 aliphatic heterocycles. The van der Waals surface area contributed by atoms with E-state index >= 15 is 0 Å². The summed E-state index contributed by atoms with van der Waals surface area (Å²) in [7, 11) is 1.83. The highest BCUT2D eigenvalue weighted by Gasteiger charge is 2.35. The average molecular weight is 447 g/mol. The Morgan fingerprint density at radius 1 is 1.00 bits per heavy atom. The fourth-order valence-corrected chi connectivity index (χ4v) is 4.02. The molecule has 0 saturated carbocycles. The van der Waals surface area contributed by atoms with Crippen LogP contribution in [0.5, 0.6) is 0 Å². The van der Waals surface area contributed by atoms with Gasteiger partial charge in [-0.05, 0) is 34.9 Å². The van der Waals surface area contributed by atoms with Crippen LogP contribution < -0.4 is 16.2 Å². The van der Waals surface area contributed by atoms with Crippen LogP contribution in [0.3, 0.4) is 0 Å². The van der Waals surface area contributed by atoms with Crippen molar-refractivity contribution < 1.29 is 14.0 Å². The molecule has 2 unspecified atom stereocenters. The summed E-state index contributed by atoms with van der Waals surface area (Å²) < 4.78 is 13.3. The molecular weight excluding hydrogens is 419 g/mol. The Morgan fingerprint density at radius 3 is 2.48 bits per heavy atom. The Bertz CT molecular complexity index is 1100. The topological polar surface area (TPSA) is 73.5 Å². The van der Waals surface area contributed by atoms with Gasteiger partial charge in [0, 0.05) is 32.2 Å². The molecule has 4 rings (SSSR count). The molecule has 0 bridgehead atoms. The molecule has 0 aliphatic carbocycles. The number of hydrogen-bond donors (Lipinski definition) is 3. The zero-order valence-electron chi connectivity index (χ0n) is 18.4. The molecule has 0 spiro atoms. The van der Waals surface area contributed by atoms with Crippen LogP contribution in [0.15, 0.2) is 78.9 Å². The van der Waals surface area contributed by atoms with E-state index in [-0.39, 0.29) is 29.3 Å². The van der Waals surface area contributed by atoms with Crippen LogP contribution in [0.25, 0.3) is 0 Å². The van der Waals surface area contributed by atoms with Crippen molar-refractivity contribution in [2.75, 3.05) is 13.6 Å². The molecular formula is C26H27FN4O2. The molecule has 2 amide bonds. The second-order valence-corrected chi connectivity index (χ2v) is 8.22. The lowest BCUT2D eigenvalue weighted by Crippen LogP contribution is -2.36. The first-order valence-electron chi connectivity index (χ1n) is 10.9. The normalized spacial score (nSPS) is 17.5. The molecule has 2 atom stereocenters. The summed E-state index contributed by atoms with van der Waals surface area (Å²) in [6, 6.07) is 23.2. The highest BCUT2D eigenvalue weighted by molar-refractivity contribution is 5.94.